The number of fused-ring (bicyclic) bond motifs is 1. The number of hydrogen-bond acceptors (Lipinski definition) is 0. The molecule has 4 heteroatoms. The Kier molecular flexibility index (Phi) is 6.29. The number of benzene rings is 4. The Morgan fingerprint density at radius 3 is 1.92 bits per heavy atom. The van der Waals surface area contributed by atoms with Gasteiger partial charge >= 0.3 is 187 Å². The number of rotatable bonds is 4. The van der Waals surface area contributed by atoms with Crippen LogP contribution in [0.2, 0.25) is 0 Å². The molecular formula is C22H16I2SeTe. The Bertz CT molecular complexity index is 1030. The molecule has 0 saturated carbocycles. The first-order valence-electron chi connectivity index (χ1n) is 8.18. The average Bonchev–Trinajstić information content (AvgIpc) is 2.69. The Hall–Kier alpha value is -0.0909. The third-order valence-corrected chi connectivity index (χ3v) is 24.6. The van der Waals surface area contributed by atoms with Crippen molar-refractivity contribution in [1.29, 1.82) is 0 Å². The van der Waals surface area contributed by atoms with Gasteiger partial charge in [0.1, 0.15) is 0 Å². The van der Waals surface area contributed by atoms with Crippen LogP contribution < -0.4 is 16.1 Å². The molecule has 130 valence electrons. The summed E-state index contributed by atoms with van der Waals surface area (Å²) in [5.41, 5.74) is 0. The SMILES string of the molecule is I[Te](I)(c1ccccc1)c1cccc2cccc([Se]c3ccccc3)c12. The van der Waals surface area contributed by atoms with Gasteiger partial charge in [-0.15, -0.1) is 0 Å². The van der Waals surface area contributed by atoms with E-state index in [4.69, 9.17) is 0 Å². The Morgan fingerprint density at radius 2 is 1.23 bits per heavy atom. The molecule has 4 aromatic rings. The van der Waals surface area contributed by atoms with Crippen LogP contribution in [0.4, 0.5) is 0 Å². The quantitative estimate of drug-likeness (QED) is 0.220. The molecular weight excluding hydrogens is 725 g/mol. The Morgan fingerprint density at radius 1 is 0.615 bits per heavy atom. The van der Waals surface area contributed by atoms with Crippen LogP contribution in [0, 0.1) is 0 Å². The van der Waals surface area contributed by atoms with E-state index in [-0.39, 0.29) is 0 Å². The molecule has 0 atom stereocenters. The van der Waals surface area contributed by atoms with Crippen LogP contribution in [0.5, 0.6) is 0 Å². The molecule has 0 aliphatic rings. The molecule has 0 aliphatic heterocycles. The van der Waals surface area contributed by atoms with E-state index in [2.05, 4.69) is 134 Å². The molecule has 4 rings (SSSR count). The monoisotopic (exact) mass is 744 g/mol. The molecule has 0 N–H and O–H groups in total. The maximum absolute atomic E-state index is 2.79. The fraction of sp³-hybridized carbons (Fsp3) is 0. The summed E-state index contributed by atoms with van der Waals surface area (Å²) >= 11 is 5.89. The first-order chi connectivity index (χ1) is 12.7. The second-order valence-corrected chi connectivity index (χ2v) is 42.5. The summed E-state index contributed by atoms with van der Waals surface area (Å²) in [5.74, 6) is 0. The molecule has 0 heterocycles. The van der Waals surface area contributed by atoms with E-state index in [0.29, 0.717) is 15.0 Å². The summed E-state index contributed by atoms with van der Waals surface area (Å²) in [6.45, 7) is 0. The molecule has 0 amide bonds. The van der Waals surface area contributed by atoms with Gasteiger partial charge in [-0.05, 0) is 0 Å². The van der Waals surface area contributed by atoms with Crippen LogP contribution in [-0.4, -0.2) is 25.2 Å². The molecule has 26 heavy (non-hydrogen) atoms. The molecule has 0 aromatic heterocycles. The van der Waals surface area contributed by atoms with Gasteiger partial charge in [0.05, 0.1) is 0 Å². The standard InChI is InChI=1S/C22H16I2SeTe/c23-26(24,19-13-5-2-6-14-19)21-16-8-10-17-9-7-15-20(22(17)21)25-18-11-3-1-4-12-18/h1-16H. The van der Waals surface area contributed by atoms with Gasteiger partial charge in [0.2, 0.25) is 0 Å². The fourth-order valence-corrected chi connectivity index (χ4v) is 18.6. The van der Waals surface area contributed by atoms with Gasteiger partial charge in [-0.3, -0.25) is 0 Å². The van der Waals surface area contributed by atoms with Gasteiger partial charge in [0.15, 0.2) is 0 Å². The van der Waals surface area contributed by atoms with E-state index in [1.807, 2.05) is 0 Å². The minimum absolute atomic E-state index is 0.319. The van der Waals surface area contributed by atoms with Crippen LogP contribution >= 0.6 is 37.4 Å². The summed E-state index contributed by atoms with van der Waals surface area (Å²) in [5, 5.41) is 2.87. The van der Waals surface area contributed by atoms with Crippen molar-refractivity contribution in [1.82, 2.24) is 0 Å². The van der Waals surface area contributed by atoms with Gasteiger partial charge in [0, 0.05) is 0 Å². The van der Waals surface area contributed by atoms with Crippen molar-refractivity contribution in [2.45, 2.75) is 0 Å². The van der Waals surface area contributed by atoms with E-state index in [9.17, 15) is 0 Å². The van der Waals surface area contributed by atoms with Crippen molar-refractivity contribution in [3.05, 3.63) is 97.1 Å². The topological polar surface area (TPSA) is 0 Å². The van der Waals surface area contributed by atoms with E-state index in [0.717, 1.165) is 0 Å². The van der Waals surface area contributed by atoms with Crippen LogP contribution in [0.25, 0.3) is 10.8 Å². The zero-order chi connectivity index (χ0) is 18.0. The van der Waals surface area contributed by atoms with E-state index in [1.54, 1.807) is 3.61 Å². The summed E-state index contributed by atoms with van der Waals surface area (Å²) < 4.78 is 6.02. The van der Waals surface area contributed by atoms with Crippen molar-refractivity contribution >= 4 is 89.6 Å². The molecule has 0 bridgehead atoms. The Balaban J connectivity index is 1.91. The second kappa shape index (κ2) is 8.51. The summed E-state index contributed by atoms with van der Waals surface area (Å²) in [6.07, 6.45) is 0. The normalized spacial score (nSPS) is 12.2. The van der Waals surface area contributed by atoms with E-state index < -0.39 is 10.3 Å². The number of halogens is 2. The van der Waals surface area contributed by atoms with Crippen molar-refractivity contribution in [3.8, 4) is 0 Å². The third kappa shape index (κ3) is 4.01. The Labute approximate surface area is 184 Å². The van der Waals surface area contributed by atoms with Gasteiger partial charge in [-0.1, -0.05) is 0 Å². The predicted octanol–water partition coefficient (Wildman–Crippen LogP) is 3.92. The van der Waals surface area contributed by atoms with Crippen molar-refractivity contribution in [3.63, 3.8) is 0 Å². The third-order valence-electron chi connectivity index (χ3n) is 4.11. The minimum atomic E-state index is -2.45. The summed E-state index contributed by atoms with van der Waals surface area (Å²) in [6, 6.07) is 35.6. The van der Waals surface area contributed by atoms with Crippen LogP contribution in [-0.2, 0) is 0 Å². The first-order valence-corrected chi connectivity index (χ1v) is 25.8. The predicted molar refractivity (Wildman–Crippen MR) is 135 cm³/mol. The van der Waals surface area contributed by atoms with Crippen molar-refractivity contribution in [2.24, 2.45) is 0 Å². The number of hydrogen-bond donors (Lipinski definition) is 0. The maximum atomic E-state index is 2.79. The van der Waals surface area contributed by atoms with Gasteiger partial charge in [-0.25, -0.2) is 0 Å². The fourth-order valence-electron chi connectivity index (χ4n) is 2.91. The van der Waals surface area contributed by atoms with Gasteiger partial charge in [0.25, 0.3) is 0 Å². The van der Waals surface area contributed by atoms with E-state index in [1.165, 1.54) is 23.3 Å². The first kappa shape index (κ1) is 19.2. The molecule has 0 fully saturated rings. The van der Waals surface area contributed by atoms with Crippen LogP contribution in [0.3, 0.4) is 0 Å². The van der Waals surface area contributed by atoms with E-state index >= 15 is 0 Å². The summed E-state index contributed by atoms with van der Waals surface area (Å²) in [7, 11) is -2.45. The zero-order valence-electron chi connectivity index (χ0n) is 13.8. The van der Waals surface area contributed by atoms with Crippen molar-refractivity contribution in [2.75, 3.05) is 0 Å². The molecule has 0 spiro atoms. The summed E-state index contributed by atoms with van der Waals surface area (Å²) in [4.78, 5) is 0. The second-order valence-electron chi connectivity index (χ2n) is 5.81. The average molecular weight is 741 g/mol. The van der Waals surface area contributed by atoms with Crippen LogP contribution in [0.15, 0.2) is 97.1 Å². The van der Waals surface area contributed by atoms with Gasteiger partial charge in [-0.2, -0.15) is 0 Å². The molecule has 0 saturated heterocycles. The van der Waals surface area contributed by atoms with Crippen LogP contribution in [0.1, 0.15) is 0 Å². The zero-order valence-corrected chi connectivity index (χ0v) is 22.2. The molecule has 4 aromatic carbocycles. The molecule has 0 nitrogen and oxygen atoms in total. The van der Waals surface area contributed by atoms with Crippen molar-refractivity contribution < 1.29 is 0 Å². The molecule has 0 aliphatic carbocycles. The van der Waals surface area contributed by atoms with Gasteiger partial charge < -0.3 is 0 Å². The molecule has 0 unspecified atom stereocenters. The molecule has 0 radical (unpaired) electrons.